The van der Waals surface area contributed by atoms with Gasteiger partial charge in [0.25, 0.3) is 0 Å². The van der Waals surface area contributed by atoms with E-state index in [0.29, 0.717) is 18.9 Å². The minimum atomic E-state index is -0.880. The average molecular weight is 507 g/mol. The van der Waals surface area contributed by atoms with Gasteiger partial charge in [-0.1, -0.05) is 53.9 Å². The van der Waals surface area contributed by atoms with Crippen LogP contribution in [-0.4, -0.2) is 64.5 Å². The number of carbonyl (C=O) groups excluding carboxylic acids is 5. The number of rotatable bonds is 8. The van der Waals surface area contributed by atoms with Crippen molar-refractivity contribution < 1.29 is 24.0 Å². The van der Waals surface area contributed by atoms with Crippen molar-refractivity contribution in [1.29, 1.82) is 0 Å². The van der Waals surface area contributed by atoms with Crippen LogP contribution in [0.25, 0.3) is 0 Å². The summed E-state index contributed by atoms with van der Waals surface area (Å²) in [7, 11) is 0. The molecule has 0 aromatic heterocycles. The summed E-state index contributed by atoms with van der Waals surface area (Å²) >= 11 is 0. The van der Waals surface area contributed by atoms with Crippen LogP contribution >= 0.6 is 0 Å². The van der Waals surface area contributed by atoms with Crippen LogP contribution in [0, 0.1) is 23.2 Å². The number of amides is 4. The van der Waals surface area contributed by atoms with E-state index in [-0.39, 0.29) is 17.7 Å². The molecule has 0 bridgehead atoms. The lowest BCUT2D eigenvalue weighted by atomic mass is 9.79. The van der Waals surface area contributed by atoms with Gasteiger partial charge >= 0.3 is 6.03 Å². The molecule has 0 spiro atoms. The highest BCUT2D eigenvalue weighted by atomic mass is 16.2. The number of nitrogens with zero attached hydrogens (tertiary/aromatic N) is 1. The fourth-order valence-electron chi connectivity index (χ4n) is 4.91. The van der Waals surface area contributed by atoms with E-state index in [4.69, 9.17) is 0 Å². The molecule has 1 heterocycles. The molecule has 9 heteroatoms. The van der Waals surface area contributed by atoms with Crippen molar-refractivity contribution in [2.75, 3.05) is 6.54 Å². The molecule has 1 aliphatic carbocycles. The molecule has 1 saturated heterocycles. The molecule has 4 amide bonds. The minimum Gasteiger partial charge on any atom is -0.344 e. The topological polar surface area (TPSA) is 125 Å². The third kappa shape index (κ3) is 7.53. The number of ketones is 2. The number of carbonyl (C=O) groups is 5. The Labute approximate surface area is 215 Å². The van der Waals surface area contributed by atoms with Crippen molar-refractivity contribution >= 4 is 29.4 Å². The Kier molecular flexibility index (Phi) is 9.35. The SMILES string of the molecule is CC(=O)C(=O)[C@H](CC1CCC1)NC(=O)[C@@H]1[C@@H](C)[C@@H](C)CN1C(=O)[C@@H](NC(=O)NC(C)(C)C)C(C)(C)C. The molecular weight excluding hydrogens is 460 g/mol. The summed E-state index contributed by atoms with van der Waals surface area (Å²) in [6, 6.07) is -3.00. The van der Waals surface area contributed by atoms with Gasteiger partial charge in [-0.3, -0.25) is 19.2 Å². The number of likely N-dealkylation sites (tertiary alicyclic amines) is 1. The average Bonchev–Trinajstić information content (AvgIpc) is 2.99. The highest BCUT2D eigenvalue weighted by Crippen LogP contribution is 2.34. The highest BCUT2D eigenvalue weighted by molar-refractivity contribution is 6.38. The first-order valence-electron chi connectivity index (χ1n) is 13.2. The van der Waals surface area contributed by atoms with E-state index >= 15 is 0 Å². The number of hydrogen-bond acceptors (Lipinski definition) is 5. The molecule has 1 aliphatic heterocycles. The molecule has 2 rings (SSSR count). The predicted molar refractivity (Wildman–Crippen MR) is 138 cm³/mol. The summed E-state index contributed by atoms with van der Waals surface area (Å²) in [5.74, 6) is -1.74. The zero-order valence-corrected chi connectivity index (χ0v) is 23.5. The van der Waals surface area contributed by atoms with Crippen LogP contribution in [-0.2, 0) is 19.2 Å². The van der Waals surface area contributed by atoms with Crippen molar-refractivity contribution in [2.45, 2.75) is 112 Å². The molecule has 2 fully saturated rings. The first kappa shape index (κ1) is 29.8. The van der Waals surface area contributed by atoms with Gasteiger partial charge < -0.3 is 20.9 Å². The first-order valence-corrected chi connectivity index (χ1v) is 13.2. The molecule has 0 radical (unpaired) electrons. The maximum atomic E-state index is 13.8. The summed E-state index contributed by atoms with van der Waals surface area (Å²) in [5, 5.41) is 8.47. The van der Waals surface area contributed by atoms with Gasteiger partial charge in [0.05, 0.1) is 6.04 Å². The maximum Gasteiger partial charge on any atom is 0.315 e. The normalized spacial score (nSPS) is 24.4. The Balaban J connectivity index is 2.27. The molecule has 5 atom stereocenters. The largest absolute Gasteiger partial charge is 0.344 e. The van der Waals surface area contributed by atoms with Crippen LogP contribution in [0.2, 0.25) is 0 Å². The third-order valence-electron chi connectivity index (χ3n) is 7.42. The monoisotopic (exact) mass is 506 g/mol. The van der Waals surface area contributed by atoms with Gasteiger partial charge in [0, 0.05) is 19.0 Å². The van der Waals surface area contributed by atoms with E-state index in [1.54, 1.807) is 0 Å². The fraction of sp³-hybridized carbons (Fsp3) is 0.815. The first-order chi connectivity index (χ1) is 16.4. The van der Waals surface area contributed by atoms with Gasteiger partial charge in [0.2, 0.25) is 17.6 Å². The van der Waals surface area contributed by atoms with E-state index in [1.165, 1.54) is 11.8 Å². The highest BCUT2D eigenvalue weighted by Gasteiger charge is 2.48. The Morgan fingerprint density at radius 1 is 0.944 bits per heavy atom. The second-order valence-electron chi connectivity index (χ2n) is 12.9. The molecule has 36 heavy (non-hydrogen) atoms. The Morgan fingerprint density at radius 3 is 1.97 bits per heavy atom. The van der Waals surface area contributed by atoms with E-state index in [1.807, 2.05) is 55.4 Å². The smallest absolute Gasteiger partial charge is 0.315 e. The van der Waals surface area contributed by atoms with Gasteiger partial charge in [-0.05, 0) is 50.4 Å². The van der Waals surface area contributed by atoms with Crippen molar-refractivity contribution in [3.8, 4) is 0 Å². The van der Waals surface area contributed by atoms with Gasteiger partial charge in [-0.25, -0.2) is 4.79 Å². The molecule has 2 aliphatic rings. The van der Waals surface area contributed by atoms with Gasteiger partial charge in [-0.2, -0.15) is 0 Å². The van der Waals surface area contributed by atoms with Crippen LogP contribution in [0.15, 0.2) is 0 Å². The molecule has 0 unspecified atom stereocenters. The lowest BCUT2D eigenvalue weighted by molar-refractivity contribution is -0.144. The van der Waals surface area contributed by atoms with E-state index in [0.717, 1.165) is 19.3 Å². The summed E-state index contributed by atoms with van der Waals surface area (Å²) in [5.41, 5.74) is -1.09. The van der Waals surface area contributed by atoms with E-state index in [2.05, 4.69) is 16.0 Å². The zero-order valence-electron chi connectivity index (χ0n) is 23.5. The Hall–Kier alpha value is -2.45. The van der Waals surface area contributed by atoms with Crippen LogP contribution < -0.4 is 16.0 Å². The van der Waals surface area contributed by atoms with Crippen molar-refractivity contribution in [2.24, 2.45) is 23.2 Å². The third-order valence-corrected chi connectivity index (χ3v) is 7.42. The van der Waals surface area contributed by atoms with Crippen molar-refractivity contribution in [1.82, 2.24) is 20.9 Å². The standard InChI is InChI=1S/C27H46N4O5/c1-15-14-31(24(35)22(26(4,5)6)29-25(36)30-27(7,8)9)20(16(15)2)23(34)28-19(21(33)17(3)32)13-18-11-10-12-18/h15-16,18-20,22H,10-14H2,1-9H3,(H,28,34)(H2,29,30,36)/t15-,16-,19-,20-,22+/m0/s1. The van der Waals surface area contributed by atoms with E-state index < -0.39 is 52.6 Å². The number of hydrogen-bond donors (Lipinski definition) is 3. The summed E-state index contributed by atoms with van der Waals surface area (Å²) in [6.45, 7) is 16.6. The van der Waals surface area contributed by atoms with Crippen LogP contribution in [0.4, 0.5) is 4.79 Å². The predicted octanol–water partition coefficient (Wildman–Crippen LogP) is 2.81. The molecule has 3 N–H and O–H groups in total. The molecule has 204 valence electrons. The summed E-state index contributed by atoms with van der Waals surface area (Å²) in [6.07, 6.45) is 3.49. The summed E-state index contributed by atoms with van der Waals surface area (Å²) < 4.78 is 0. The molecule has 9 nitrogen and oxygen atoms in total. The van der Waals surface area contributed by atoms with Crippen LogP contribution in [0.3, 0.4) is 0 Å². The van der Waals surface area contributed by atoms with Crippen LogP contribution in [0.5, 0.6) is 0 Å². The zero-order chi connectivity index (χ0) is 27.6. The van der Waals surface area contributed by atoms with Crippen molar-refractivity contribution in [3.05, 3.63) is 0 Å². The summed E-state index contributed by atoms with van der Waals surface area (Å²) in [4.78, 5) is 66.1. The van der Waals surface area contributed by atoms with Gasteiger partial charge in [0.1, 0.15) is 12.1 Å². The lowest BCUT2D eigenvalue weighted by Gasteiger charge is -2.37. The molecule has 0 aromatic rings. The number of nitrogens with one attached hydrogen (secondary N) is 3. The number of urea groups is 1. The maximum absolute atomic E-state index is 13.8. The van der Waals surface area contributed by atoms with Gasteiger partial charge in [-0.15, -0.1) is 0 Å². The molecule has 1 saturated carbocycles. The second-order valence-corrected chi connectivity index (χ2v) is 12.9. The molecular formula is C27H46N4O5. The minimum absolute atomic E-state index is 0.0438. The van der Waals surface area contributed by atoms with Crippen LogP contribution in [0.1, 0.15) is 88.0 Å². The van der Waals surface area contributed by atoms with E-state index in [9.17, 15) is 24.0 Å². The van der Waals surface area contributed by atoms with Crippen molar-refractivity contribution in [3.63, 3.8) is 0 Å². The Morgan fingerprint density at radius 2 is 1.53 bits per heavy atom. The fourth-order valence-corrected chi connectivity index (χ4v) is 4.91. The molecule has 0 aromatic carbocycles. The quantitative estimate of drug-likeness (QED) is 0.437. The number of Topliss-reactive ketones (excluding diaryl/α,β-unsaturated/α-hetero) is 2. The Bertz CT molecular complexity index is 868. The van der Waals surface area contributed by atoms with Gasteiger partial charge in [0.15, 0.2) is 5.78 Å². The lowest BCUT2D eigenvalue weighted by Crippen LogP contribution is -2.61. The second kappa shape index (κ2) is 11.3.